The Morgan fingerprint density at radius 2 is 2.33 bits per heavy atom. The first-order valence-electron chi connectivity index (χ1n) is 2.10. The van der Waals surface area contributed by atoms with Crippen molar-refractivity contribution < 1.29 is 0 Å². The van der Waals surface area contributed by atoms with Crippen molar-refractivity contribution in [2.45, 2.75) is 19.8 Å². The molecule has 0 spiro atoms. The summed E-state index contributed by atoms with van der Waals surface area (Å²) < 4.78 is 2.95. The third kappa shape index (κ3) is 4.38. The van der Waals surface area contributed by atoms with E-state index >= 15 is 0 Å². The van der Waals surface area contributed by atoms with Gasteiger partial charge in [0.25, 0.3) is 0 Å². The van der Waals surface area contributed by atoms with Gasteiger partial charge >= 0.3 is 52.6 Å². The monoisotopic (exact) mass is 190 g/mol. The van der Waals surface area contributed by atoms with Crippen LogP contribution in [0.5, 0.6) is 0 Å². The van der Waals surface area contributed by atoms with E-state index in [0.29, 0.717) is 0 Å². The Bertz CT molecular complexity index is 65.7. The van der Waals surface area contributed by atoms with Crippen LogP contribution in [0.3, 0.4) is 0 Å². The van der Waals surface area contributed by atoms with Gasteiger partial charge in [-0.05, 0) is 0 Å². The molecule has 0 aliphatic heterocycles. The molecule has 0 nitrogen and oxygen atoms in total. The summed E-state index contributed by atoms with van der Waals surface area (Å²) in [5.41, 5.74) is 0. The predicted molar refractivity (Wildman–Crippen MR) is 31.2 cm³/mol. The average Bonchev–Trinajstić information content (AvgIpc) is 1.61. The van der Waals surface area contributed by atoms with Crippen molar-refractivity contribution in [3.8, 4) is 9.79 Å². The zero-order valence-electron chi connectivity index (χ0n) is 3.99. The maximum absolute atomic E-state index is 3.01. The van der Waals surface area contributed by atoms with Gasteiger partial charge in [-0.1, -0.05) is 0 Å². The summed E-state index contributed by atoms with van der Waals surface area (Å²) in [4.78, 5) is 0. The summed E-state index contributed by atoms with van der Waals surface area (Å²) in [7, 11) is 0. The van der Waals surface area contributed by atoms with Crippen molar-refractivity contribution in [3.63, 3.8) is 0 Å². The molecular weight excluding hydrogens is 182 g/mol. The minimum absolute atomic E-state index is 1.08. The van der Waals surface area contributed by atoms with Crippen molar-refractivity contribution in [2.75, 3.05) is 0 Å². The summed E-state index contributed by atoms with van der Waals surface area (Å²) in [6.45, 7) is 2.14. The molecule has 6 heavy (non-hydrogen) atoms. The molecular formula is C5H9Sb. The molecule has 0 fully saturated rings. The Balaban J connectivity index is 2.79. The summed E-state index contributed by atoms with van der Waals surface area (Å²) in [5, 5.41) is 0. The molecule has 0 bridgehead atoms. The molecule has 0 aromatic carbocycles. The third-order valence-corrected chi connectivity index (χ3v) is 1.06. The molecule has 0 aliphatic carbocycles. The summed E-state index contributed by atoms with van der Waals surface area (Å²) in [6.07, 6.45) is 2.29. The Labute approximate surface area is 52.8 Å². The molecule has 0 atom stereocenters. The number of hydrogen-bond acceptors (Lipinski definition) is 0. The van der Waals surface area contributed by atoms with Crippen molar-refractivity contribution in [2.24, 2.45) is 0 Å². The fourth-order valence-electron chi connectivity index (χ4n) is 0.197. The van der Waals surface area contributed by atoms with Crippen LogP contribution in [0.1, 0.15) is 19.8 Å². The van der Waals surface area contributed by atoms with Gasteiger partial charge in [0, 0.05) is 0 Å². The van der Waals surface area contributed by atoms with Gasteiger partial charge in [0.2, 0.25) is 0 Å². The summed E-state index contributed by atoms with van der Waals surface area (Å²) in [6, 6.07) is 0. The first kappa shape index (κ1) is 6.38. The van der Waals surface area contributed by atoms with Crippen molar-refractivity contribution in [1.29, 1.82) is 0 Å². The van der Waals surface area contributed by atoms with Gasteiger partial charge in [-0.15, -0.1) is 0 Å². The predicted octanol–water partition coefficient (Wildman–Crippen LogP) is 0.380. The molecule has 0 aliphatic rings. The topological polar surface area (TPSA) is 0 Å². The van der Waals surface area contributed by atoms with Crippen LogP contribution >= 0.6 is 0 Å². The Hall–Kier alpha value is 0.378. The molecule has 0 radical (unpaired) electrons. The molecule has 0 unspecified atom stereocenters. The second kappa shape index (κ2) is 5.38. The molecule has 0 aromatic rings. The van der Waals surface area contributed by atoms with E-state index in [9.17, 15) is 0 Å². The first-order chi connectivity index (χ1) is 2.91. The summed E-state index contributed by atoms with van der Waals surface area (Å²) in [5.74, 6) is 3.01. The first-order valence-corrected chi connectivity index (χ1v) is 3.75. The zero-order valence-corrected chi connectivity index (χ0v) is 7.29. The molecule has 0 heterocycles. The van der Waals surface area contributed by atoms with Crippen LogP contribution in [0, 0.1) is 9.79 Å². The molecule has 0 amide bonds. The molecule has 34 valence electrons. The van der Waals surface area contributed by atoms with Gasteiger partial charge in [0.1, 0.15) is 0 Å². The molecule has 0 N–H and O–H groups in total. The van der Waals surface area contributed by atoms with Gasteiger partial charge in [-0.25, -0.2) is 0 Å². The summed E-state index contributed by atoms with van der Waals surface area (Å²) >= 11 is 1.10. The van der Waals surface area contributed by atoms with Crippen LogP contribution in [0.25, 0.3) is 0 Å². The van der Waals surface area contributed by atoms with Crippen molar-refractivity contribution in [3.05, 3.63) is 0 Å². The van der Waals surface area contributed by atoms with Crippen LogP contribution in [0.15, 0.2) is 0 Å². The maximum atomic E-state index is 3.01. The molecule has 0 saturated carbocycles. The van der Waals surface area contributed by atoms with Gasteiger partial charge in [0.05, 0.1) is 0 Å². The molecule has 0 aromatic heterocycles. The van der Waals surface area contributed by atoms with E-state index in [4.69, 9.17) is 0 Å². The number of rotatable bonds is 1. The van der Waals surface area contributed by atoms with Crippen molar-refractivity contribution >= 4 is 23.0 Å². The second-order valence-corrected chi connectivity index (χ2v) is 1.90. The van der Waals surface area contributed by atoms with Gasteiger partial charge in [0.15, 0.2) is 0 Å². The van der Waals surface area contributed by atoms with Crippen LogP contribution in [0.2, 0.25) is 0 Å². The number of hydrogen-bond donors (Lipinski definition) is 0. The molecule has 1 heteroatoms. The van der Waals surface area contributed by atoms with Crippen molar-refractivity contribution in [1.82, 2.24) is 0 Å². The normalized spacial score (nSPS) is 6.33. The van der Waals surface area contributed by atoms with E-state index in [0.717, 1.165) is 29.4 Å². The van der Waals surface area contributed by atoms with Gasteiger partial charge in [-0.3, -0.25) is 0 Å². The van der Waals surface area contributed by atoms with Gasteiger partial charge < -0.3 is 0 Å². The Morgan fingerprint density at radius 1 is 1.67 bits per heavy atom. The van der Waals surface area contributed by atoms with Crippen LogP contribution in [0.4, 0.5) is 0 Å². The van der Waals surface area contributed by atoms with E-state index in [1.165, 1.54) is 6.42 Å². The minimum atomic E-state index is 1.08. The zero-order chi connectivity index (χ0) is 4.83. The SMILES string of the molecule is CCCC#[C][SbH2]. The van der Waals surface area contributed by atoms with Crippen LogP contribution in [-0.2, 0) is 0 Å². The molecule has 0 saturated heterocycles. The quantitative estimate of drug-likeness (QED) is 0.415. The fraction of sp³-hybridized carbons (Fsp3) is 0.600. The van der Waals surface area contributed by atoms with E-state index in [-0.39, 0.29) is 0 Å². The standard InChI is InChI=1S/C5H7.Sb.2H/c1-3-5-4-2;;;/h3,5H2,1H3;;;. The van der Waals surface area contributed by atoms with Gasteiger partial charge in [-0.2, -0.15) is 0 Å². The molecule has 0 rings (SSSR count). The fourth-order valence-corrected chi connectivity index (χ4v) is 0.609. The van der Waals surface area contributed by atoms with E-state index in [2.05, 4.69) is 16.7 Å². The second-order valence-electron chi connectivity index (χ2n) is 1.07. The Morgan fingerprint density at radius 3 is 2.50 bits per heavy atom. The van der Waals surface area contributed by atoms with Crippen LogP contribution in [-0.4, -0.2) is 23.0 Å². The Kier molecular flexibility index (Phi) is 5.72. The average molecular weight is 191 g/mol. The van der Waals surface area contributed by atoms with E-state index in [1.54, 1.807) is 0 Å². The van der Waals surface area contributed by atoms with E-state index < -0.39 is 0 Å². The van der Waals surface area contributed by atoms with Crippen LogP contribution < -0.4 is 0 Å². The third-order valence-electron chi connectivity index (χ3n) is 0.477. The van der Waals surface area contributed by atoms with E-state index in [1.807, 2.05) is 0 Å². The number of unbranched alkanes of at least 4 members (excludes halogenated alkanes) is 1.